The summed E-state index contributed by atoms with van der Waals surface area (Å²) >= 11 is 3.06. The number of halogens is 3. The summed E-state index contributed by atoms with van der Waals surface area (Å²) in [5, 5.41) is 2.44. The number of amides is 1. The zero-order chi connectivity index (χ0) is 14.9. The van der Waals surface area contributed by atoms with Gasteiger partial charge in [0.15, 0.2) is 6.10 Å². The Bertz CT molecular complexity index is 653. The number of hydrogen-bond acceptors (Lipinski definition) is 5. The molecule has 0 bridgehead atoms. The van der Waals surface area contributed by atoms with Gasteiger partial charge in [0.05, 0.1) is 11.0 Å². The maximum atomic E-state index is 13.6. The van der Waals surface area contributed by atoms with Gasteiger partial charge in [-0.05, 0) is 22.0 Å². The van der Waals surface area contributed by atoms with Crippen LogP contribution in [-0.4, -0.2) is 33.8 Å². The molecule has 1 heterocycles. The van der Waals surface area contributed by atoms with Gasteiger partial charge < -0.3 is 14.8 Å². The third-order valence-electron chi connectivity index (χ3n) is 2.42. The highest BCUT2D eigenvalue weighted by Gasteiger charge is 2.24. The van der Waals surface area contributed by atoms with E-state index in [1.54, 1.807) is 0 Å². The van der Waals surface area contributed by atoms with Crippen LogP contribution < -0.4 is 10.1 Å². The van der Waals surface area contributed by atoms with Crippen molar-refractivity contribution in [3.8, 4) is 5.75 Å². The summed E-state index contributed by atoms with van der Waals surface area (Å²) in [7, 11) is 0.911. The quantitative estimate of drug-likeness (QED) is 0.798. The Morgan fingerprint density at radius 3 is 2.80 bits per heavy atom. The topological polar surface area (TPSA) is 81.7 Å². The zero-order valence-corrected chi connectivity index (χ0v) is 12.9. The maximum absolute atomic E-state index is 13.6. The smallest absolute Gasteiger partial charge is 0.407 e. The summed E-state index contributed by atoms with van der Waals surface area (Å²) in [6.45, 7) is 0.289. The van der Waals surface area contributed by atoms with Gasteiger partial charge in [0.25, 0.3) is 9.05 Å². The Hall–Kier alpha value is -1.06. The summed E-state index contributed by atoms with van der Waals surface area (Å²) in [5.41, 5.74) is 0. The molecule has 1 amide bonds. The molecule has 1 aliphatic rings. The van der Waals surface area contributed by atoms with Gasteiger partial charge in [-0.15, -0.1) is 0 Å². The predicted octanol–water partition coefficient (Wildman–Crippen LogP) is 2.00. The summed E-state index contributed by atoms with van der Waals surface area (Å²) in [4.78, 5) is 10.2. The van der Waals surface area contributed by atoms with Gasteiger partial charge in [0.1, 0.15) is 23.1 Å². The molecule has 2 rings (SSSR count). The summed E-state index contributed by atoms with van der Waals surface area (Å²) in [6.07, 6.45) is -1.04. The van der Waals surface area contributed by atoms with Crippen molar-refractivity contribution in [3.63, 3.8) is 0 Å². The van der Waals surface area contributed by atoms with E-state index in [1.807, 2.05) is 0 Å². The molecule has 0 aromatic heterocycles. The van der Waals surface area contributed by atoms with Gasteiger partial charge in [-0.2, -0.15) is 0 Å². The Morgan fingerprint density at radius 2 is 2.25 bits per heavy atom. The van der Waals surface area contributed by atoms with Gasteiger partial charge in [-0.25, -0.2) is 17.6 Å². The number of nitrogens with one attached hydrogen (secondary N) is 1. The molecule has 1 atom stereocenters. The van der Waals surface area contributed by atoms with Crippen LogP contribution in [0.15, 0.2) is 21.5 Å². The lowest BCUT2D eigenvalue weighted by atomic mass is 10.3. The summed E-state index contributed by atoms with van der Waals surface area (Å²) in [6, 6.07) is 1.90. The standard InChI is InChI=1S/C10H8BrClFNO5S/c11-6-1-9(20(12,16)17)7(13)2-8(6)18-4-5-3-14-10(15)19-5/h1-2,5H,3-4H2,(H,14,15). The van der Waals surface area contributed by atoms with Crippen molar-refractivity contribution in [2.24, 2.45) is 0 Å². The minimum absolute atomic E-state index is 0.00372. The fraction of sp³-hybridized carbons (Fsp3) is 0.300. The van der Waals surface area contributed by atoms with E-state index in [1.165, 1.54) is 0 Å². The molecule has 0 radical (unpaired) electrons. The predicted molar refractivity (Wildman–Crippen MR) is 70.9 cm³/mol. The highest BCUT2D eigenvalue weighted by Crippen LogP contribution is 2.31. The van der Waals surface area contributed by atoms with Gasteiger partial charge >= 0.3 is 6.09 Å². The van der Waals surface area contributed by atoms with E-state index in [0.717, 1.165) is 12.1 Å². The first-order valence-electron chi connectivity index (χ1n) is 5.28. The first-order valence-corrected chi connectivity index (χ1v) is 8.38. The molecule has 1 saturated heterocycles. The summed E-state index contributed by atoms with van der Waals surface area (Å²) in [5.74, 6) is -0.950. The third kappa shape index (κ3) is 3.53. The fourth-order valence-electron chi connectivity index (χ4n) is 1.52. The number of hydrogen-bond donors (Lipinski definition) is 1. The average molecular weight is 389 g/mol. The van der Waals surface area contributed by atoms with E-state index >= 15 is 0 Å². The molecule has 1 aromatic rings. The second kappa shape index (κ2) is 5.74. The average Bonchev–Trinajstić information content (AvgIpc) is 2.74. The van der Waals surface area contributed by atoms with Crippen LogP contribution in [0.1, 0.15) is 0 Å². The molecule has 6 nitrogen and oxygen atoms in total. The monoisotopic (exact) mass is 387 g/mol. The van der Waals surface area contributed by atoms with Gasteiger partial charge in [0.2, 0.25) is 0 Å². The van der Waals surface area contributed by atoms with E-state index in [2.05, 4.69) is 21.2 Å². The van der Waals surface area contributed by atoms with Crippen LogP contribution in [0.2, 0.25) is 0 Å². The van der Waals surface area contributed by atoms with Crippen molar-refractivity contribution in [1.29, 1.82) is 0 Å². The molecule has 0 saturated carbocycles. The SMILES string of the molecule is O=C1NCC(COc2cc(F)c(S(=O)(=O)Cl)cc2Br)O1. The van der Waals surface area contributed by atoms with Crippen molar-refractivity contribution in [2.75, 3.05) is 13.2 Å². The van der Waals surface area contributed by atoms with Crippen LogP contribution in [0.4, 0.5) is 9.18 Å². The molecule has 1 aliphatic heterocycles. The Labute approximate surface area is 126 Å². The van der Waals surface area contributed by atoms with Crippen molar-refractivity contribution >= 4 is 41.8 Å². The van der Waals surface area contributed by atoms with Gasteiger partial charge in [-0.1, -0.05) is 0 Å². The van der Waals surface area contributed by atoms with Crippen LogP contribution in [-0.2, 0) is 13.8 Å². The largest absolute Gasteiger partial charge is 0.488 e. The lowest BCUT2D eigenvalue weighted by molar-refractivity contribution is 0.104. The Balaban J connectivity index is 2.13. The number of ether oxygens (including phenoxy) is 2. The molecule has 1 aromatic carbocycles. The minimum atomic E-state index is -4.18. The molecule has 0 aliphatic carbocycles. The molecule has 0 spiro atoms. The molecular formula is C10H8BrClFNO5S. The van der Waals surface area contributed by atoms with Crippen LogP contribution in [0.5, 0.6) is 5.75 Å². The van der Waals surface area contributed by atoms with Crippen LogP contribution in [0.3, 0.4) is 0 Å². The molecule has 110 valence electrons. The van der Waals surface area contributed by atoms with Crippen LogP contribution >= 0.6 is 26.6 Å². The molecule has 1 unspecified atom stereocenters. The van der Waals surface area contributed by atoms with E-state index in [9.17, 15) is 17.6 Å². The van der Waals surface area contributed by atoms with E-state index in [-0.39, 0.29) is 23.4 Å². The maximum Gasteiger partial charge on any atom is 0.407 e. The Kier molecular flexibility index (Phi) is 4.40. The Morgan fingerprint density at radius 1 is 1.55 bits per heavy atom. The minimum Gasteiger partial charge on any atom is -0.488 e. The lowest BCUT2D eigenvalue weighted by Crippen LogP contribution is -2.22. The first kappa shape index (κ1) is 15.3. The zero-order valence-electron chi connectivity index (χ0n) is 9.73. The number of carbonyl (C=O) groups excluding carboxylic acids is 1. The third-order valence-corrected chi connectivity index (χ3v) is 4.38. The number of carbonyl (C=O) groups is 1. The van der Waals surface area contributed by atoms with Crippen molar-refractivity contribution < 1.29 is 27.1 Å². The van der Waals surface area contributed by atoms with E-state index < -0.39 is 32.0 Å². The number of alkyl carbamates (subject to hydrolysis) is 1. The highest BCUT2D eigenvalue weighted by molar-refractivity contribution is 9.10. The number of rotatable bonds is 4. The fourth-order valence-corrected chi connectivity index (χ4v) is 3.03. The number of benzene rings is 1. The second-order valence-electron chi connectivity index (χ2n) is 3.87. The van der Waals surface area contributed by atoms with Gasteiger partial charge in [0, 0.05) is 16.7 Å². The van der Waals surface area contributed by atoms with Crippen LogP contribution in [0, 0.1) is 5.82 Å². The van der Waals surface area contributed by atoms with E-state index in [0.29, 0.717) is 0 Å². The second-order valence-corrected chi connectivity index (χ2v) is 7.26. The normalized spacial score (nSPS) is 18.6. The molecule has 1 fully saturated rings. The number of cyclic esters (lactones) is 1. The van der Waals surface area contributed by atoms with Crippen molar-refractivity contribution in [1.82, 2.24) is 5.32 Å². The molecule has 10 heteroatoms. The van der Waals surface area contributed by atoms with Gasteiger partial charge in [-0.3, -0.25) is 0 Å². The molecule has 20 heavy (non-hydrogen) atoms. The molecule has 1 N–H and O–H groups in total. The summed E-state index contributed by atoms with van der Waals surface area (Å²) < 4.78 is 46.2. The lowest BCUT2D eigenvalue weighted by Gasteiger charge is -2.12. The van der Waals surface area contributed by atoms with Crippen molar-refractivity contribution in [3.05, 3.63) is 22.4 Å². The van der Waals surface area contributed by atoms with Crippen molar-refractivity contribution in [2.45, 2.75) is 11.0 Å². The molecular weight excluding hydrogens is 381 g/mol. The highest BCUT2D eigenvalue weighted by atomic mass is 79.9. The van der Waals surface area contributed by atoms with E-state index in [4.69, 9.17) is 20.2 Å². The first-order chi connectivity index (χ1) is 9.27. The van der Waals surface area contributed by atoms with Crippen LogP contribution in [0.25, 0.3) is 0 Å².